The molecule has 4 aromatic rings. The van der Waals surface area contributed by atoms with E-state index in [4.69, 9.17) is 0 Å². The highest BCUT2D eigenvalue weighted by Crippen LogP contribution is 2.16. The number of imidazole rings is 1. The van der Waals surface area contributed by atoms with Gasteiger partial charge in [0, 0.05) is 36.3 Å². The topological polar surface area (TPSA) is 64.7 Å². The first-order valence-electron chi connectivity index (χ1n) is 8.82. The van der Waals surface area contributed by atoms with Crippen molar-refractivity contribution in [3.8, 4) is 17.1 Å². The Morgan fingerprint density at radius 1 is 1.07 bits per heavy atom. The number of aromatic nitrogens is 4. The fourth-order valence-electron chi connectivity index (χ4n) is 2.88. The van der Waals surface area contributed by atoms with Crippen molar-refractivity contribution in [2.75, 3.05) is 0 Å². The van der Waals surface area contributed by atoms with Gasteiger partial charge in [0.2, 0.25) is 5.91 Å². The molecule has 0 aliphatic carbocycles. The van der Waals surface area contributed by atoms with Gasteiger partial charge in [0.05, 0.1) is 11.9 Å². The van der Waals surface area contributed by atoms with E-state index in [2.05, 4.69) is 15.4 Å². The predicted molar refractivity (Wildman–Crippen MR) is 103 cm³/mol. The Hall–Kier alpha value is -3.74. The number of rotatable bonds is 6. The normalized spacial score (nSPS) is 10.8. The van der Waals surface area contributed by atoms with Crippen LogP contribution in [0.4, 0.5) is 4.39 Å². The summed E-state index contributed by atoms with van der Waals surface area (Å²) in [5.41, 5.74) is 2.57. The highest BCUT2D eigenvalue weighted by molar-refractivity contribution is 5.76. The second kappa shape index (κ2) is 7.87. The summed E-state index contributed by atoms with van der Waals surface area (Å²) in [6, 6.07) is 15.8. The highest BCUT2D eigenvalue weighted by atomic mass is 19.1. The van der Waals surface area contributed by atoms with Gasteiger partial charge < -0.3 is 9.88 Å². The molecule has 6 nitrogen and oxygen atoms in total. The van der Waals surface area contributed by atoms with E-state index in [1.165, 1.54) is 12.1 Å². The van der Waals surface area contributed by atoms with Gasteiger partial charge in [0.15, 0.2) is 0 Å². The van der Waals surface area contributed by atoms with E-state index < -0.39 is 0 Å². The monoisotopic (exact) mass is 375 g/mol. The molecule has 1 N–H and O–H groups in total. The van der Waals surface area contributed by atoms with Crippen molar-refractivity contribution in [1.82, 2.24) is 24.6 Å². The van der Waals surface area contributed by atoms with E-state index in [9.17, 15) is 9.18 Å². The van der Waals surface area contributed by atoms with Gasteiger partial charge in [-0.25, -0.2) is 14.1 Å². The van der Waals surface area contributed by atoms with Gasteiger partial charge >= 0.3 is 0 Å². The Morgan fingerprint density at radius 2 is 1.86 bits per heavy atom. The Bertz CT molecular complexity index is 1070. The third kappa shape index (κ3) is 3.98. The molecule has 0 radical (unpaired) electrons. The zero-order chi connectivity index (χ0) is 19.3. The summed E-state index contributed by atoms with van der Waals surface area (Å²) < 4.78 is 16.5. The van der Waals surface area contributed by atoms with Crippen LogP contribution < -0.4 is 5.32 Å². The maximum Gasteiger partial charge on any atom is 0.240 e. The largest absolute Gasteiger partial charge is 0.350 e. The molecule has 0 unspecified atom stereocenters. The summed E-state index contributed by atoms with van der Waals surface area (Å²) in [6.45, 7) is 0.533. The lowest BCUT2D eigenvalue weighted by Crippen LogP contribution is -2.27. The van der Waals surface area contributed by atoms with Crippen LogP contribution in [0.3, 0.4) is 0 Å². The number of benzene rings is 2. The summed E-state index contributed by atoms with van der Waals surface area (Å²) in [6.07, 6.45) is 6.95. The Balaban J connectivity index is 1.37. The molecular formula is C21H18FN5O. The molecule has 2 heterocycles. The van der Waals surface area contributed by atoms with E-state index >= 15 is 0 Å². The molecule has 0 fully saturated rings. The van der Waals surface area contributed by atoms with Gasteiger partial charge in [0.25, 0.3) is 0 Å². The molecule has 0 bridgehead atoms. The van der Waals surface area contributed by atoms with Gasteiger partial charge in [-0.1, -0.05) is 30.3 Å². The van der Waals surface area contributed by atoms with Crippen LogP contribution in [0.2, 0.25) is 0 Å². The second-order valence-electron chi connectivity index (χ2n) is 6.29. The summed E-state index contributed by atoms with van der Waals surface area (Å²) >= 11 is 0. The highest BCUT2D eigenvalue weighted by Gasteiger charge is 2.10. The third-order valence-electron chi connectivity index (χ3n) is 4.28. The number of carbonyl (C=O) groups excluding carboxylic acids is 1. The average molecular weight is 375 g/mol. The number of amides is 1. The number of halogens is 1. The van der Waals surface area contributed by atoms with Gasteiger partial charge in [0.1, 0.15) is 18.2 Å². The summed E-state index contributed by atoms with van der Waals surface area (Å²) in [5, 5.41) is 7.14. The molecule has 140 valence electrons. The van der Waals surface area contributed by atoms with Gasteiger partial charge in [-0.3, -0.25) is 4.79 Å². The summed E-state index contributed by atoms with van der Waals surface area (Å²) in [7, 11) is 0. The minimum atomic E-state index is -0.294. The molecule has 0 aliphatic heterocycles. The van der Waals surface area contributed by atoms with Crippen LogP contribution in [0.15, 0.2) is 79.4 Å². The molecule has 28 heavy (non-hydrogen) atoms. The smallest absolute Gasteiger partial charge is 0.240 e. The molecular weight excluding hydrogens is 357 g/mol. The molecule has 0 saturated carbocycles. The fourth-order valence-corrected chi connectivity index (χ4v) is 2.88. The first kappa shape index (κ1) is 17.7. The number of nitrogens with zero attached hydrogens (tertiary/aromatic N) is 4. The van der Waals surface area contributed by atoms with Gasteiger partial charge in [-0.2, -0.15) is 5.10 Å². The molecule has 2 aromatic carbocycles. The minimum absolute atomic E-state index is 0.121. The standard InChI is InChI=1S/C21H18FN5O/c22-18-6-8-19(9-7-18)27-14-16(13-25-27)12-24-20(28)15-26-11-10-23-21(26)17-4-2-1-3-5-17/h1-11,13-14H,12,15H2,(H,24,28). The molecule has 0 atom stereocenters. The van der Waals surface area contributed by atoms with Crippen molar-refractivity contribution >= 4 is 5.91 Å². The van der Waals surface area contributed by atoms with Crippen LogP contribution in [-0.2, 0) is 17.9 Å². The SMILES string of the molecule is O=C(Cn1ccnc1-c1ccccc1)NCc1cnn(-c2ccc(F)cc2)c1. The Labute approximate surface area is 161 Å². The molecule has 2 aromatic heterocycles. The molecule has 1 amide bonds. The van der Waals surface area contributed by atoms with Crippen LogP contribution >= 0.6 is 0 Å². The van der Waals surface area contributed by atoms with Crippen molar-refractivity contribution < 1.29 is 9.18 Å². The Morgan fingerprint density at radius 3 is 2.64 bits per heavy atom. The van der Waals surface area contributed by atoms with Gasteiger partial charge in [-0.05, 0) is 24.3 Å². The molecule has 4 rings (SSSR count). The molecule has 0 aliphatic rings. The average Bonchev–Trinajstić information content (AvgIpc) is 3.37. The molecule has 7 heteroatoms. The number of nitrogens with one attached hydrogen (secondary N) is 1. The maximum absolute atomic E-state index is 13.0. The molecule has 0 saturated heterocycles. The number of carbonyl (C=O) groups is 1. The second-order valence-corrected chi connectivity index (χ2v) is 6.29. The Kier molecular flexibility index (Phi) is 4.97. The third-order valence-corrected chi connectivity index (χ3v) is 4.28. The summed E-state index contributed by atoms with van der Waals surface area (Å²) in [5.74, 6) is 0.336. The van der Waals surface area contributed by atoms with Crippen molar-refractivity contribution in [3.63, 3.8) is 0 Å². The van der Waals surface area contributed by atoms with Crippen molar-refractivity contribution in [1.29, 1.82) is 0 Å². The van der Waals surface area contributed by atoms with Crippen LogP contribution in [0.1, 0.15) is 5.56 Å². The zero-order valence-corrected chi connectivity index (χ0v) is 15.0. The van der Waals surface area contributed by atoms with E-state index in [0.717, 1.165) is 22.6 Å². The van der Waals surface area contributed by atoms with E-state index in [-0.39, 0.29) is 18.3 Å². The number of hydrogen-bond donors (Lipinski definition) is 1. The minimum Gasteiger partial charge on any atom is -0.350 e. The van der Waals surface area contributed by atoms with Crippen LogP contribution in [-0.4, -0.2) is 25.2 Å². The van der Waals surface area contributed by atoms with E-state index in [0.29, 0.717) is 6.54 Å². The molecule has 0 spiro atoms. The lowest BCUT2D eigenvalue weighted by atomic mass is 10.2. The van der Waals surface area contributed by atoms with E-state index in [1.54, 1.807) is 41.6 Å². The lowest BCUT2D eigenvalue weighted by Gasteiger charge is -2.08. The lowest BCUT2D eigenvalue weighted by molar-refractivity contribution is -0.121. The number of hydrogen-bond acceptors (Lipinski definition) is 3. The van der Waals surface area contributed by atoms with Crippen LogP contribution in [0, 0.1) is 5.82 Å². The van der Waals surface area contributed by atoms with E-state index in [1.807, 2.05) is 34.9 Å². The van der Waals surface area contributed by atoms with Crippen LogP contribution in [0.5, 0.6) is 0 Å². The first-order valence-corrected chi connectivity index (χ1v) is 8.82. The van der Waals surface area contributed by atoms with Crippen molar-refractivity contribution in [2.45, 2.75) is 13.1 Å². The van der Waals surface area contributed by atoms with Crippen LogP contribution in [0.25, 0.3) is 17.1 Å². The fraction of sp³-hybridized carbons (Fsp3) is 0.0952. The first-order chi connectivity index (χ1) is 13.7. The maximum atomic E-state index is 13.0. The van der Waals surface area contributed by atoms with Crippen molar-refractivity contribution in [2.24, 2.45) is 0 Å². The predicted octanol–water partition coefficient (Wildman–Crippen LogP) is 3.19. The van der Waals surface area contributed by atoms with Crippen molar-refractivity contribution in [3.05, 3.63) is 90.8 Å². The summed E-state index contributed by atoms with van der Waals surface area (Å²) in [4.78, 5) is 16.7. The zero-order valence-electron chi connectivity index (χ0n) is 15.0. The quantitative estimate of drug-likeness (QED) is 0.563. The van der Waals surface area contributed by atoms with Gasteiger partial charge in [-0.15, -0.1) is 0 Å².